The lowest BCUT2D eigenvalue weighted by Gasteiger charge is -2.28. The number of nitrogens with zero attached hydrogens (tertiary/aromatic N) is 3. The molecule has 1 aliphatic carbocycles. The maximum absolute atomic E-state index is 15.5. The number of hydrogen-bond donors (Lipinski definition) is 2. The van der Waals surface area contributed by atoms with Crippen LogP contribution in [0.4, 0.5) is 10.2 Å². The van der Waals surface area contributed by atoms with Crippen molar-refractivity contribution in [3.05, 3.63) is 40.3 Å². The van der Waals surface area contributed by atoms with E-state index in [0.717, 1.165) is 24.0 Å². The number of rotatable bonds is 8. The zero-order chi connectivity index (χ0) is 30.2. The van der Waals surface area contributed by atoms with Crippen molar-refractivity contribution in [2.45, 2.75) is 104 Å². The summed E-state index contributed by atoms with van der Waals surface area (Å²) < 4.78 is 28.7. The highest BCUT2D eigenvalue weighted by Gasteiger charge is 2.34. The predicted octanol–water partition coefficient (Wildman–Crippen LogP) is 6.72. The number of anilines is 1. The van der Waals surface area contributed by atoms with Gasteiger partial charge in [0.25, 0.3) is 0 Å². The summed E-state index contributed by atoms with van der Waals surface area (Å²) in [5, 5.41) is 17.9. The van der Waals surface area contributed by atoms with E-state index < -0.39 is 23.5 Å². The minimum Gasteiger partial charge on any atom is -0.490 e. The van der Waals surface area contributed by atoms with Crippen LogP contribution < -0.4 is 10.1 Å². The molecule has 1 amide bonds. The minimum atomic E-state index is -1.40. The molecule has 1 saturated carbocycles. The fourth-order valence-electron chi connectivity index (χ4n) is 6.27. The molecule has 0 saturated heterocycles. The first kappa shape index (κ1) is 29.9. The molecule has 1 fully saturated rings. The van der Waals surface area contributed by atoms with Gasteiger partial charge in [-0.25, -0.2) is 18.7 Å². The standard InChI is InChI=1S/C32H41FN4O5/c1-18-21-12-9-15-41-29(21)23(33)16-22(18)28-27(30(31(39)40)42-32(3,4)5)19(2)34-25-17-24(36-37(25)28)35-26(38)14-13-20-10-7-6-8-11-20/h16-17,20,30H,6-15H2,1-5H3,(H,39,40)(H,35,36,38)/t30-/m0/s1. The van der Waals surface area contributed by atoms with Gasteiger partial charge in [-0.1, -0.05) is 32.1 Å². The first-order chi connectivity index (χ1) is 19.9. The van der Waals surface area contributed by atoms with Gasteiger partial charge in [0.2, 0.25) is 5.91 Å². The van der Waals surface area contributed by atoms with Crippen molar-refractivity contribution in [3.8, 4) is 17.0 Å². The highest BCUT2D eigenvalue weighted by Crippen LogP contribution is 2.41. The SMILES string of the molecule is Cc1nc2cc(NC(=O)CCC3CCCCC3)nn2c(-c2cc(F)c3c(c2C)CCCO3)c1[C@H](OC(C)(C)C)C(=O)O. The molecule has 1 aliphatic heterocycles. The molecular weight excluding hydrogens is 539 g/mol. The number of aliphatic carboxylic acids is 1. The first-order valence-electron chi connectivity index (χ1n) is 15.0. The summed E-state index contributed by atoms with van der Waals surface area (Å²) in [6, 6.07) is 3.03. The number of carboxylic acids is 1. The van der Waals surface area contributed by atoms with Gasteiger partial charge < -0.3 is 19.9 Å². The van der Waals surface area contributed by atoms with Crippen LogP contribution in [-0.4, -0.2) is 43.8 Å². The van der Waals surface area contributed by atoms with Crippen LogP contribution in [0.3, 0.4) is 0 Å². The average molecular weight is 581 g/mol. The van der Waals surface area contributed by atoms with Crippen LogP contribution in [0, 0.1) is 25.6 Å². The molecule has 2 aromatic heterocycles. The Kier molecular flexibility index (Phi) is 8.55. The number of fused-ring (bicyclic) bond motifs is 2. The molecule has 0 spiro atoms. The van der Waals surface area contributed by atoms with Crippen molar-refractivity contribution < 1.29 is 28.6 Å². The Balaban J connectivity index is 1.62. The summed E-state index contributed by atoms with van der Waals surface area (Å²) in [7, 11) is 0. The molecule has 2 N–H and O–H groups in total. The maximum Gasteiger partial charge on any atom is 0.337 e. The van der Waals surface area contributed by atoms with E-state index in [1.165, 1.54) is 42.7 Å². The molecule has 0 bridgehead atoms. The van der Waals surface area contributed by atoms with E-state index >= 15 is 4.39 Å². The quantitative estimate of drug-likeness (QED) is 0.304. The Morgan fingerprint density at radius 1 is 1.19 bits per heavy atom. The fraction of sp³-hybridized carbons (Fsp3) is 0.562. The Morgan fingerprint density at radius 3 is 2.62 bits per heavy atom. The largest absolute Gasteiger partial charge is 0.490 e. The molecule has 3 aromatic rings. The third-order valence-corrected chi connectivity index (χ3v) is 8.25. The number of benzene rings is 1. The van der Waals surface area contributed by atoms with E-state index in [4.69, 9.17) is 9.47 Å². The van der Waals surface area contributed by atoms with Gasteiger partial charge in [0.05, 0.1) is 17.9 Å². The molecule has 1 aromatic carbocycles. The Hall–Kier alpha value is -3.53. The lowest BCUT2D eigenvalue weighted by Crippen LogP contribution is -2.29. The zero-order valence-electron chi connectivity index (χ0n) is 25.2. The number of aryl methyl sites for hydroxylation is 1. The van der Waals surface area contributed by atoms with E-state index in [0.29, 0.717) is 53.8 Å². The first-order valence-corrected chi connectivity index (χ1v) is 15.0. The third-order valence-electron chi connectivity index (χ3n) is 8.25. The topological polar surface area (TPSA) is 115 Å². The second-order valence-corrected chi connectivity index (χ2v) is 12.6. The number of halogens is 1. The van der Waals surface area contributed by atoms with Crippen LogP contribution in [0.2, 0.25) is 0 Å². The molecule has 1 atom stereocenters. The summed E-state index contributed by atoms with van der Waals surface area (Å²) >= 11 is 0. The van der Waals surface area contributed by atoms with Gasteiger partial charge in [-0.3, -0.25) is 4.79 Å². The number of aromatic nitrogens is 3. The summed E-state index contributed by atoms with van der Waals surface area (Å²) in [6.45, 7) is 9.37. The van der Waals surface area contributed by atoms with Crippen LogP contribution in [0.25, 0.3) is 16.9 Å². The van der Waals surface area contributed by atoms with Crippen LogP contribution >= 0.6 is 0 Å². The maximum atomic E-state index is 15.5. The van der Waals surface area contributed by atoms with Gasteiger partial charge in [0.15, 0.2) is 29.1 Å². The number of carboxylic acid groups (broad SMARTS) is 1. The smallest absolute Gasteiger partial charge is 0.337 e. The minimum absolute atomic E-state index is 0.130. The number of carbonyl (C=O) groups is 2. The Labute approximate surface area is 245 Å². The molecule has 0 radical (unpaired) electrons. The molecular formula is C32H41FN4O5. The van der Waals surface area contributed by atoms with Gasteiger partial charge in [0, 0.05) is 34.9 Å². The summed E-state index contributed by atoms with van der Waals surface area (Å²) in [6.07, 6.45) is 7.27. The number of hydrogen-bond acceptors (Lipinski definition) is 6. The van der Waals surface area contributed by atoms with Crippen molar-refractivity contribution in [1.29, 1.82) is 0 Å². The van der Waals surface area contributed by atoms with Gasteiger partial charge >= 0.3 is 5.97 Å². The van der Waals surface area contributed by atoms with Crippen molar-refractivity contribution in [2.75, 3.05) is 11.9 Å². The van der Waals surface area contributed by atoms with E-state index in [1.807, 2.05) is 6.92 Å². The van der Waals surface area contributed by atoms with E-state index in [9.17, 15) is 14.7 Å². The van der Waals surface area contributed by atoms with Crippen molar-refractivity contribution >= 4 is 23.3 Å². The Bertz CT molecular complexity index is 1500. The summed E-state index contributed by atoms with van der Waals surface area (Å²) in [4.78, 5) is 30.2. The van der Waals surface area contributed by atoms with Crippen LogP contribution in [0.5, 0.6) is 5.75 Å². The van der Waals surface area contributed by atoms with Crippen LogP contribution in [0.15, 0.2) is 12.1 Å². The highest BCUT2D eigenvalue weighted by atomic mass is 19.1. The van der Waals surface area contributed by atoms with Crippen molar-refractivity contribution in [1.82, 2.24) is 14.6 Å². The molecule has 226 valence electrons. The second-order valence-electron chi connectivity index (χ2n) is 12.6. The molecule has 9 nitrogen and oxygen atoms in total. The fourth-order valence-corrected chi connectivity index (χ4v) is 6.27. The molecule has 0 unspecified atom stereocenters. The third kappa shape index (κ3) is 6.28. The van der Waals surface area contributed by atoms with E-state index in [2.05, 4.69) is 15.4 Å². The number of amides is 1. The molecule has 2 aliphatic rings. The molecule has 10 heteroatoms. The van der Waals surface area contributed by atoms with Crippen molar-refractivity contribution in [2.24, 2.45) is 5.92 Å². The predicted molar refractivity (Wildman–Crippen MR) is 157 cm³/mol. The van der Waals surface area contributed by atoms with Crippen LogP contribution in [-0.2, 0) is 20.7 Å². The monoisotopic (exact) mass is 580 g/mol. The average Bonchev–Trinajstić information content (AvgIpc) is 3.33. The van der Waals surface area contributed by atoms with E-state index in [1.54, 1.807) is 33.8 Å². The van der Waals surface area contributed by atoms with Gasteiger partial charge in [-0.05, 0) is 71.4 Å². The lowest BCUT2D eigenvalue weighted by molar-refractivity contribution is -0.160. The Morgan fingerprint density at radius 2 is 1.93 bits per heavy atom. The molecule has 5 rings (SSSR count). The second kappa shape index (κ2) is 12.0. The molecule has 42 heavy (non-hydrogen) atoms. The summed E-state index contributed by atoms with van der Waals surface area (Å²) in [5.74, 6) is -0.736. The highest BCUT2D eigenvalue weighted by molar-refractivity contribution is 5.90. The van der Waals surface area contributed by atoms with Gasteiger partial charge in [0.1, 0.15) is 0 Å². The van der Waals surface area contributed by atoms with E-state index in [-0.39, 0.29) is 17.2 Å². The van der Waals surface area contributed by atoms with Gasteiger partial charge in [-0.2, -0.15) is 0 Å². The summed E-state index contributed by atoms with van der Waals surface area (Å²) in [5.41, 5.74) is 2.66. The van der Waals surface area contributed by atoms with Crippen LogP contribution in [0.1, 0.15) is 101 Å². The van der Waals surface area contributed by atoms with Crippen molar-refractivity contribution in [3.63, 3.8) is 0 Å². The van der Waals surface area contributed by atoms with Gasteiger partial charge in [-0.15, -0.1) is 5.10 Å². The molecule has 3 heterocycles. The lowest BCUT2D eigenvalue weighted by atomic mass is 9.86. The number of ether oxygens (including phenoxy) is 2. The number of carbonyl (C=O) groups excluding carboxylic acids is 1. The number of nitrogens with one attached hydrogen (secondary N) is 1. The normalized spacial score (nSPS) is 16.6. The zero-order valence-corrected chi connectivity index (χ0v) is 25.2.